The first kappa shape index (κ1) is 14.9. The average Bonchev–Trinajstić information content (AvgIpc) is 2.99. The highest BCUT2D eigenvalue weighted by molar-refractivity contribution is 5.81. The summed E-state index contributed by atoms with van der Waals surface area (Å²) < 4.78 is 42.1. The summed E-state index contributed by atoms with van der Waals surface area (Å²) in [6.45, 7) is 1.76. The monoisotopic (exact) mass is 312 g/mol. The Balaban J connectivity index is 1.74. The first-order valence-electron chi connectivity index (χ1n) is 7.10. The SMILES string of the molecule is Cc1nc2ccc3c(c2o1)C(CCNC(=O)C(F)(F)F)CC3. The van der Waals surface area contributed by atoms with E-state index in [-0.39, 0.29) is 12.5 Å². The molecule has 1 heterocycles. The van der Waals surface area contributed by atoms with Crippen molar-refractivity contribution >= 4 is 17.0 Å². The maximum atomic E-state index is 12.2. The Morgan fingerprint density at radius 1 is 1.45 bits per heavy atom. The predicted molar refractivity (Wildman–Crippen MR) is 73.5 cm³/mol. The maximum Gasteiger partial charge on any atom is 0.471 e. The topological polar surface area (TPSA) is 55.1 Å². The fourth-order valence-electron chi connectivity index (χ4n) is 3.05. The van der Waals surface area contributed by atoms with Gasteiger partial charge in [-0.2, -0.15) is 13.2 Å². The summed E-state index contributed by atoms with van der Waals surface area (Å²) in [5.41, 5.74) is 3.66. The first-order chi connectivity index (χ1) is 10.4. The van der Waals surface area contributed by atoms with Crippen molar-refractivity contribution in [2.24, 2.45) is 0 Å². The lowest BCUT2D eigenvalue weighted by Gasteiger charge is -2.13. The van der Waals surface area contributed by atoms with E-state index in [1.165, 1.54) is 0 Å². The van der Waals surface area contributed by atoms with Crippen LogP contribution in [0.1, 0.15) is 35.8 Å². The molecule has 118 valence electrons. The lowest BCUT2D eigenvalue weighted by atomic mass is 9.97. The highest BCUT2D eigenvalue weighted by Gasteiger charge is 2.38. The second-order valence-corrected chi connectivity index (χ2v) is 5.50. The van der Waals surface area contributed by atoms with Gasteiger partial charge in [-0.3, -0.25) is 4.79 Å². The molecule has 1 aromatic carbocycles. The fraction of sp³-hybridized carbons (Fsp3) is 0.467. The van der Waals surface area contributed by atoms with Gasteiger partial charge < -0.3 is 9.73 Å². The molecule has 0 aliphatic heterocycles. The quantitative estimate of drug-likeness (QED) is 0.946. The molecule has 1 aromatic heterocycles. The van der Waals surface area contributed by atoms with Crippen LogP contribution in [-0.4, -0.2) is 23.6 Å². The molecular formula is C15H15F3N2O2. The molecule has 22 heavy (non-hydrogen) atoms. The number of aromatic nitrogens is 1. The summed E-state index contributed by atoms with van der Waals surface area (Å²) in [6, 6.07) is 3.90. The number of alkyl halides is 3. The van der Waals surface area contributed by atoms with Crippen LogP contribution in [0.5, 0.6) is 0 Å². The van der Waals surface area contributed by atoms with Crippen molar-refractivity contribution in [2.45, 2.75) is 38.3 Å². The molecule has 2 aromatic rings. The Bertz CT molecular complexity index is 721. The van der Waals surface area contributed by atoms with Crippen LogP contribution in [0.4, 0.5) is 13.2 Å². The molecule has 0 spiro atoms. The van der Waals surface area contributed by atoms with Gasteiger partial charge in [-0.25, -0.2) is 4.98 Å². The van der Waals surface area contributed by atoms with Crippen LogP contribution < -0.4 is 5.32 Å². The van der Waals surface area contributed by atoms with E-state index >= 15 is 0 Å². The number of halogens is 3. The minimum atomic E-state index is -4.83. The van der Waals surface area contributed by atoms with Crippen LogP contribution in [0.25, 0.3) is 11.1 Å². The van der Waals surface area contributed by atoms with Crippen molar-refractivity contribution in [3.05, 3.63) is 29.2 Å². The zero-order chi connectivity index (χ0) is 15.9. The molecule has 0 radical (unpaired) electrons. The van der Waals surface area contributed by atoms with Gasteiger partial charge in [0.25, 0.3) is 0 Å². The van der Waals surface area contributed by atoms with Crippen LogP contribution in [0.3, 0.4) is 0 Å². The molecule has 4 nitrogen and oxygen atoms in total. The minimum Gasteiger partial charge on any atom is -0.441 e. The molecule has 0 bridgehead atoms. The Kier molecular flexibility index (Phi) is 3.58. The zero-order valence-corrected chi connectivity index (χ0v) is 12.0. The molecule has 0 saturated carbocycles. The third-order valence-electron chi connectivity index (χ3n) is 4.00. The van der Waals surface area contributed by atoms with Gasteiger partial charge >= 0.3 is 12.1 Å². The Morgan fingerprint density at radius 3 is 2.95 bits per heavy atom. The van der Waals surface area contributed by atoms with Crippen LogP contribution in [0.15, 0.2) is 16.5 Å². The van der Waals surface area contributed by atoms with E-state index in [1.807, 2.05) is 17.4 Å². The molecule has 3 rings (SSSR count). The van der Waals surface area contributed by atoms with E-state index in [1.54, 1.807) is 6.92 Å². The summed E-state index contributed by atoms with van der Waals surface area (Å²) in [7, 11) is 0. The molecule has 0 fully saturated rings. The van der Waals surface area contributed by atoms with Gasteiger partial charge in [-0.1, -0.05) is 6.07 Å². The molecule has 7 heteroatoms. The van der Waals surface area contributed by atoms with Crippen molar-refractivity contribution in [3.63, 3.8) is 0 Å². The van der Waals surface area contributed by atoms with E-state index in [0.29, 0.717) is 12.3 Å². The number of aryl methyl sites for hydroxylation is 2. The summed E-state index contributed by atoms with van der Waals surface area (Å²) in [5, 5.41) is 1.92. The minimum absolute atomic E-state index is 0.00798. The number of nitrogens with zero attached hydrogens (tertiary/aromatic N) is 1. The number of hydrogen-bond acceptors (Lipinski definition) is 3. The number of fused-ring (bicyclic) bond motifs is 3. The van der Waals surface area contributed by atoms with E-state index in [4.69, 9.17) is 4.42 Å². The van der Waals surface area contributed by atoms with Gasteiger partial charge in [0, 0.05) is 19.0 Å². The van der Waals surface area contributed by atoms with E-state index < -0.39 is 12.1 Å². The number of rotatable bonds is 3. The van der Waals surface area contributed by atoms with Crippen molar-refractivity contribution in [1.29, 1.82) is 0 Å². The van der Waals surface area contributed by atoms with Crippen LogP contribution >= 0.6 is 0 Å². The van der Waals surface area contributed by atoms with Gasteiger partial charge in [0.15, 0.2) is 11.5 Å². The zero-order valence-electron chi connectivity index (χ0n) is 12.0. The number of hydrogen-bond donors (Lipinski definition) is 1. The number of carbonyl (C=O) groups excluding carboxylic acids is 1. The molecule has 0 saturated heterocycles. The lowest BCUT2D eigenvalue weighted by Crippen LogP contribution is -2.37. The second kappa shape index (κ2) is 5.30. The number of nitrogens with one attached hydrogen (secondary N) is 1. The number of carbonyl (C=O) groups is 1. The van der Waals surface area contributed by atoms with Crippen molar-refractivity contribution < 1.29 is 22.4 Å². The maximum absolute atomic E-state index is 12.2. The number of amides is 1. The highest BCUT2D eigenvalue weighted by Crippen LogP contribution is 2.40. The molecule has 1 aliphatic carbocycles. The number of oxazole rings is 1. The summed E-state index contributed by atoms with van der Waals surface area (Å²) >= 11 is 0. The van der Waals surface area contributed by atoms with Crippen LogP contribution in [0.2, 0.25) is 0 Å². The smallest absolute Gasteiger partial charge is 0.441 e. The second-order valence-electron chi connectivity index (χ2n) is 5.50. The Hall–Kier alpha value is -2.05. The molecule has 1 aliphatic rings. The standard InChI is InChI=1S/C15H15F3N2O2/c1-8-20-11-5-4-9-2-3-10(12(9)13(11)22-8)6-7-19-14(21)15(16,17)18/h4-5,10H,2-3,6-7H2,1H3,(H,19,21). The molecule has 1 atom stereocenters. The third-order valence-corrected chi connectivity index (χ3v) is 4.00. The average molecular weight is 312 g/mol. The van der Waals surface area contributed by atoms with E-state index in [2.05, 4.69) is 4.98 Å². The molecule has 1 N–H and O–H groups in total. The summed E-state index contributed by atoms with van der Waals surface area (Å²) in [4.78, 5) is 15.1. The number of benzene rings is 1. The predicted octanol–water partition coefficient (Wildman–Crippen LogP) is 3.23. The summed E-state index contributed by atoms with van der Waals surface area (Å²) in [6.07, 6.45) is -2.67. The van der Waals surface area contributed by atoms with Gasteiger partial charge in [0.2, 0.25) is 0 Å². The molecule has 1 amide bonds. The van der Waals surface area contributed by atoms with Gasteiger partial charge in [-0.05, 0) is 36.8 Å². The Labute approximate surface area is 124 Å². The van der Waals surface area contributed by atoms with E-state index in [0.717, 1.165) is 35.1 Å². The van der Waals surface area contributed by atoms with E-state index in [9.17, 15) is 18.0 Å². The first-order valence-corrected chi connectivity index (χ1v) is 7.10. The van der Waals surface area contributed by atoms with Gasteiger partial charge in [0.05, 0.1) is 0 Å². The van der Waals surface area contributed by atoms with Crippen molar-refractivity contribution in [2.75, 3.05) is 6.54 Å². The molecule has 1 unspecified atom stereocenters. The van der Waals surface area contributed by atoms with Crippen molar-refractivity contribution in [1.82, 2.24) is 10.3 Å². The summed E-state index contributed by atoms with van der Waals surface area (Å²) in [5.74, 6) is -1.24. The third kappa shape index (κ3) is 2.67. The van der Waals surface area contributed by atoms with Crippen LogP contribution in [-0.2, 0) is 11.2 Å². The Morgan fingerprint density at radius 2 is 2.23 bits per heavy atom. The highest BCUT2D eigenvalue weighted by atomic mass is 19.4. The van der Waals surface area contributed by atoms with Crippen LogP contribution in [0, 0.1) is 6.92 Å². The van der Waals surface area contributed by atoms with Gasteiger partial charge in [0.1, 0.15) is 5.52 Å². The fourth-order valence-corrected chi connectivity index (χ4v) is 3.05. The normalized spacial score (nSPS) is 17.7. The van der Waals surface area contributed by atoms with Gasteiger partial charge in [-0.15, -0.1) is 0 Å². The largest absolute Gasteiger partial charge is 0.471 e. The lowest BCUT2D eigenvalue weighted by molar-refractivity contribution is -0.173. The van der Waals surface area contributed by atoms with Crippen molar-refractivity contribution in [3.8, 4) is 0 Å². The molecular weight excluding hydrogens is 297 g/mol.